The predicted octanol–water partition coefficient (Wildman–Crippen LogP) is 1.75. The van der Waals surface area contributed by atoms with Crippen molar-refractivity contribution in [2.75, 3.05) is 20.3 Å². The number of aromatic nitrogens is 3. The molecule has 6 nitrogen and oxygen atoms in total. The van der Waals surface area contributed by atoms with Crippen LogP contribution in [0, 0.1) is 5.82 Å². The second-order valence-corrected chi connectivity index (χ2v) is 5.93. The average molecular weight is 332 g/mol. The van der Waals surface area contributed by atoms with Gasteiger partial charge < -0.3 is 9.64 Å². The molecule has 0 aromatic carbocycles. The molecule has 0 saturated heterocycles. The molecule has 0 bridgehead atoms. The van der Waals surface area contributed by atoms with Crippen LogP contribution in [-0.4, -0.2) is 45.8 Å². The van der Waals surface area contributed by atoms with Crippen LogP contribution >= 0.6 is 0 Å². The van der Waals surface area contributed by atoms with Gasteiger partial charge in [0, 0.05) is 37.4 Å². The second kappa shape index (κ2) is 7.09. The van der Waals surface area contributed by atoms with E-state index in [1.54, 1.807) is 13.2 Å². The van der Waals surface area contributed by atoms with Crippen LogP contribution in [0.3, 0.4) is 0 Å². The minimum absolute atomic E-state index is 0.0234. The molecule has 0 spiro atoms. The van der Waals surface area contributed by atoms with Crippen LogP contribution in [-0.2, 0) is 29.0 Å². The number of carbonyl (C=O) groups is 1. The molecule has 1 aliphatic heterocycles. The van der Waals surface area contributed by atoms with E-state index >= 15 is 0 Å². The lowest BCUT2D eigenvalue weighted by atomic mass is 9.95. The first-order chi connectivity index (χ1) is 11.6. The highest BCUT2D eigenvalue weighted by Crippen LogP contribution is 2.29. The molecular formula is C17H21FN4O2. The first-order valence-corrected chi connectivity index (χ1v) is 8.04. The van der Waals surface area contributed by atoms with Crippen molar-refractivity contribution in [3.63, 3.8) is 0 Å². The monoisotopic (exact) mass is 332 g/mol. The lowest BCUT2D eigenvalue weighted by molar-refractivity contribution is -0.132. The third-order valence-electron chi connectivity index (χ3n) is 4.34. The molecule has 2 aromatic heterocycles. The van der Waals surface area contributed by atoms with Gasteiger partial charge in [-0.3, -0.25) is 14.5 Å². The van der Waals surface area contributed by atoms with Crippen molar-refractivity contribution in [2.24, 2.45) is 0 Å². The number of pyridine rings is 1. The van der Waals surface area contributed by atoms with Crippen LogP contribution in [0.1, 0.15) is 29.8 Å². The highest BCUT2D eigenvalue weighted by Gasteiger charge is 2.31. The number of nitrogens with zero attached hydrogens (tertiary/aromatic N) is 4. The van der Waals surface area contributed by atoms with Gasteiger partial charge >= 0.3 is 0 Å². The van der Waals surface area contributed by atoms with Crippen molar-refractivity contribution in [3.05, 3.63) is 47.3 Å². The highest BCUT2D eigenvalue weighted by atomic mass is 19.1. The Balaban J connectivity index is 1.78. The van der Waals surface area contributed by atoms with Gasteiger partial charge in [-0.25, -0.2) is 4.39 Å². The maximum Gasteiger partial charge on any atom is 0.228 e. The summed E-state index contributed by atoms with van der Waals surface area (Å²) in [5.74, 6) is -0.310. The number of aryl methyl sites for hydroxylation is 1. The van der Waals surface area contributed by atoms with E-state index in [2.05, 4.69) is 10.1 Å². The Bertz CT molecular complexity index is 714. The fraction of sp³-hybridized carbons (Fsp3) is 0.471. The summed E-state index contributed by atoms with van der Waals surface area (Å²) in [6, 6.07) is 2.87. The van der Waals surface area contributed by atoms with Gasteiger partial charge in [0.05, 0.1) is 37.7 Å². The second-order valence-electron chi connectivity index (χ2n) is 5.93. The maximum atomic E-state index is 12.9. The summed E-state index contributed by atoms with van der Waals surface area (Å²) in [4.78, 5) is 18.4. The van der Waals surface area contributed by atoms with E-state index in [-0.39, 0.29) is 18.2 Å². The molecule has 1 unspecified atom stereocenters. The Morgan fingerprint density at radius 2 is 2.25 bits per heavy atom. The molecule has 0 N–H and O–H groups in total. The van der Waals surface area contributed by atoms with Gasteiger partial charge in [-0.2, -0.15) is 5.10 Å². The standard InChI is InChI=1S/C17H21FN4O2/c1-3-22-16-10-21(9-12(11-24-2)15(16)8-20-22)17(23)6-14-5-4-13(18)7-19-14/h4-5,7-8,12H,3,6,9-11H2,1-2H3. The van der Waals surface area contributed by atoms with E-state index in [1.807, 2.05) is 22.7 Å². The van der Waals surface area contributed by atoms with Crippen molar-refractivity contribution in [1.82, 2.24) is 19.7 Å². The Labute approximate surface area is 140 Å². The number of hydrogen-bond acceptors (Lipinski definition) is 4. The molecule has 3 rings (SSSR count). The van der Waals surface area contributed by atoms with Crippen LogP contribution in [0.5, 0.6) is 0 Å². The molecule has 0 saturated carbocycles. The Morgan fingerprint density at radius 1 is 1.42 bits per heavy atom. The number of halogens is 1. The molecule has 3 heterocycles. The van der Waals surface area contributed by atoms with Gasteiger partial charge in [-0.15, -0.1) is 0 Å². The predicted molar refractivity (Wildman–Crippen MR) is 85.8 cm³/mol. The first kappa shape index (κ1) is 16.6. The summed E-state index contributed by atoms with van der Waals surface area (Å²) in [6.07, 6.45) is 3.18. The van der Waals surface area contributed by atoms with E-state index in [0.717, 1.165) is 24.0 Å². The smallest absolute Gasteiger partial charge is 0.228 e. The largest absolute Gasteiger partial charge is 0.384 e. The minimum Gasteiger partial charge on any atom is -0.384 e. The summed E-state index contributed by atoms with van der Waals surface area (Å²) in [6.45, 7) is 4.46. The van der Waals surface area contributed by atoms with Gasteiger partial charge in [0.2, 0.25) is 5.91 Å². The molecule has 128 valence electrons. The number of hydrogen-bond donors (Lipinski definition) is 0. The number of methoxy groups -OCH3 is 1. The van der Waals surface area contributed by atoms with E-state index in [0.29, 0.717) is 25.4 Å². The fourth-order valence-electron chi connectivity index (χ4n) is 3.13. The SMILES string of the molecule is CCn1ncc2c1CN(C(=O)Cc1ccc(F)cn1)CC2COC. The number of fused-ring (bicyclic) bond motifs is 1. The van der Waals surface area contributed by atoms with E-state index in [9.17, 15) is 9.18 Å². The summed E-state index contributed by atoms with van der Waals surface area (Å²) in [5, 5.41) is 4.41. The van der Waals surface area contributed by atoms with Gasteiger partial charge in [0.1, 0.15) is 5.82 Å². The number of amides is 1. The summed E-state index contributed by atoms with van der Waals surface area (Å²) < 4.78 is 20.2. The number of ether oxygens (including phenoxy) is 1. The Hall–Kier alpha value is -2.28. The first-order valence-electron chi connectivity index (χ1n) is 8.04. The molecular weight excluding hydrogens is 311 g/mol. The van der Waals surface area contributed by atoms with Crippen LogP contribution in [0.15, 0.2) is 24.5 Å². The van der Waals surface area contributed by atoms with Crippen LogP contribution in [0.4, 0.5) is 4.39 Å². The molecule has 7 heteroatoms. The molecule has 1 aliphatic rings. The van der Waals surface area contributed by atoms with E-state index in [4.69, 9.17) is 4.74 Å². The normalized spacial score (nSPS) is 17.0. The quantitative estimate of drug-likeness (QED) is 0.837. The molecule has 0 aliphatic carbocycles. The highest BCUT2D eigenvalue weighted by molar-refractivity contribution is 5.78. The average Bonchev–Trinajstić information content (AvgIpc) is 3.00. The Morgan fingerprint density at radius 3 is 2.92 bits per heavy atom. The van der Waals surface area contributed by atoms with E-state index < -0.39 is 5.82 Å². The van der Waals surface area contributed by atoms with Crippen molar-refractivity contribution >= 4 is 5.91 Å². The van der Waals surface area contributed by atoms with Crippen molar-refractivity contribution in [3.8, 4) is 0 Å². The zero-order chi connectivity index (χ0) is 17.1. The van der Waals surface area contributed by atoms with Crippen LogP contribution < -0.4 is 0 Å². The van der Waals surface area contributed by atoms with Gasteiger partial charge in [-0.05, 0) is 19.1 Å². The van der Waals surface area contributed by atoms with Crippen molar-refractivity contribution in [2.45, 2.75) is 32.4 Å². The lowest BCUT2D eigenvalue weighted by Crippen LogP contribution is -2.40. The zero-order valence-corrected chi connectivity index (χ0v) is 13.9. The van der Waals surface area contributed by atoms with Gasteiger partial charge in [0.15, 0.2) is 0 Å². The van der Waals surface area contributed by atoms with Crippen molar-refractivity contribution < 1.29 is 13.9 Å². The molecule has 1 atom stereocenters. The molecule has 0 fully saturated rings. The topological polar surface area (TPSA) is 60.2 Å². The number of carbonyl (C=O) groups excluding carboxylic acids is 1. The third kappa shape index (κ3) is 3.31. The molecule has 1 amide bonds. The zero-order valence-electron chi connectivity index (χ0n) is 13.9. The third-order valence-corrected chi connectivity index (χ3v) is 4.34. The van der Waals surface area contributed by atoms with Gasteiger partial charge in [-0.1, -0.05) is 0 Å². The Kier molecular flexibility index (Phi) is 4.89. The maximum absolute atomic E-state index is 12.9. The van der Waals surface area contributed by atoms with Crippen LogP contribution in [0.2, 0.25) is 0 Å². The minimum atomic E-state index is -0.402. The number of rotatable bonds is 5. The van der Waals surface area contributed by atoms with Crippen molar-refractivity contribution in [1.29, 1.82) is 0 Å². The summed E-state index contributed by atoms with van der Waals surface area (Å²) in [7, 11) is 1.66. The molecule has 0 radical (unpaired) electrons. The fourth-order valence-corrected chi connectivity index (χ4v) is 3.13. The van der Waals surface area contributed by atoms with Crippen LogP contribution in [0.25, 0.3) is 0 Å². The summed E-state index contributed by atoms with van der Waals surface area (Å²) >= 11 is 0. The van der Waals surface area contributed by atoms with E-state index in [1.165, 1.54) is 6.07 Å². The summed E-state index contributed by atoms with van der Waals surface area (Å²) in [5.41, 5.74) is 2.79. The molecule has 24 heavy (non-hydrogen) atoms. The molecule has 2 aromatic rings. The lowest BCUT2D eigenvalue weighted by Gasteiger charge is -2.33. The van der Waals surface area contributed by atoms with Gasteiger partial charge in [0.25, 0.3) is 0 Å².